The van der Waals surface area contributed by atoms with Crippen LogP contribution in [0.2, 0.25) is 10.0 Å². The Balaban J connectivity index is 2.00. The van der Waals surface area contributed by atoms with Crippen molar-refractivity contribution >= 4 is 39.9 Å². The summed E-state index contributed by atoms with van der Waals surface area (Å²) >= 11 is 11.9. The lowest BCUT2D eigenvalue weighted by Gasteiger charge is -2.09. The highest BCUT2D eigenvalue weighted by Gasteiger charge is 2.14. The first-order valence-electron chi connectivity index (χ1n) is 6.31. The average molecular weight is 317 g/mol. The van der Waals surface area contributed by atoms with Gasteiger partial charge in [-0.2, -0.15) is 0 Å². The first kappa shape index (κ1) is 13.9. The van der Waals surface area contributed by atoms with Crippen LogP contribution in [0.15, 0.2) is 60.7 Å². The molecule has 0 amide bonds. The van der Waals surface area contributed by atoms with Crippen LogP contribution in [-0.2, 0) is 0 Å². The largest absolute Gasteiger partial charge is 0.421 e. The van der Waals surface area contributed by atoms with Crippen LogP contribution in [0.1, 0.15) is 10.4 Å². The molecule has 0 fully saturated rings. The highest BCUT2D eigenvalue weighted by atomic mass is 35.5. The quantitative estimate of drug-likeness (QED) is 0.469. The van der Waals surface area contributed by atoms with E-state index in [1.807, 2.05) is 36.4 Å². The zero-order chi connectivity index (χ0) is 14.8. The van der Waals surface area contributed by atoms with Crippen LogP contribution in [-0.4, -0.2) is 5.97 Å². The van der Waals surface area contributed by atoms with Gasteiger partial charge in [0.15, 0.2) is 5.75 Å². The lowest BCUT2D eigenvalue weighted by molar-refractivity contribution is 0.0737. The predicted molar refractivity (Wildman–Crippen MR) is 85.4 cm³/mol. The number of benzene rings is 3. The van der Waals surface area contributed by atoms with Crippen molar-refractivity contribution in [1.29, 1.82) is 0 Å². The smallest absolute Gasteiger partial charge is 0.344 e. The van der Waals surface area contributed by atoms with Gasteiger partial charge in [-0.15, -0.1) is 0 Å². The topological polar surface area (TPSA) is 26.3 Å². The Labute approximate surface area is 131 Å². The first-order chi connectivity index (χ1) is 10.2. The molecule has 3 aromatic carbocycles. The molecular weight excluding hydrogens is 307 g/mol. The van der Waals surface area contributed by atoms with Crippen LogP contribution in [0.25, 0.3) is 10.8 Å². The summed E-state index contributed by atoms with van der Waals surface area (Å²) in [4.78, 5) is 12.4. The van der Waals surface area contributed by atoms with E-state index in [0.29, 0.717) is 10.6 Å². The van der Waals surface area contributed by atoms with E-state index >= 15 is 0 Å². The van der Waals surface area contributed by atoms with Crippen molar-refractivity contribution < 1.29 is 9.53 Å². The van der Waals surface area contributed by atoms with Gasteiger partial charge in [0, 0.05) is 0 Å². The van der Waals surface area contributed by atoms with Crippen LogP contribution in [0.3, 0.4) is 0 Å². The van der Waals surface area contributed by atoms with E-state index in [1.165, 1.54) is 0 Å². The molecule has 0 aliphatic heterocycles. The number of fused-ring (bicyclic) bond motifs is 1. The Kier molecular flexibility index (Phi) is 3.82. The monoisotopic (exact) mass is 316 g/mol. The van der Waals surface area contributed by atoms with Crippen molar-refractivity contribution in [2.45, 2.75) is 0 Å². The molecule has 0 aliphatic carbocycles. The number of rotatable bonds is 2. The molecule has 0 bridgehead atoms. The number of hydrogen-bond donors (Lipinski definition) is 0. The fourth-order valence-corrected chi connectivity index (χ4v) is 2.45. The summed E-state index contributed by atoms with van der Waals surface area (Å²) in [6.07, 6.45) is 0. The highest BCUT2D eigenvalue weighted by Crippen LogP contribution is 2.32. The number of halogens is 2. The maximum Gasteiger partial charge on any atom is 0.344 e. The second-order valence-corrected chi connectivity index (χ2v) is 5.25. The third-order valence-corrected chi connectivity index (χ3v) is 3.93. The summed E-state index contributed by atoms with van der Waals surface area (Å²) < 4.78 is 5.36. The number of ether oxygens (including phenoxy) is 1. The Morgan fingerprint density at radius 1 is 0.857 bits per heavy atom. The Bertz CT molecular complexity index is 823. The first-order valence-corrected chi connectivity index (χ1v) is 7.06. The van der Waals surface area contributed by atoms with Crippen molar-refractivity contribution in [2.24, 2.45) is 0 Å². The van der Waals surface area contributed by atoms with Gasteiger partial charge in [0.25, 0.3) is 0 Å². The van der Waals surface area contributed by atoms with Crippen LogP contribution in [0.5, 0.6) is 5.75 Å². The Morgan fingerprint density at radius 3 is 2.43 bits per heavy atom. The molecule has 0 spiro atoms. The zero-order valence-corrected chi connectivity index (χ0v) is 12.4. The van der Waals surface area contributed by atoms with Gasteiger partial charge in [-0.25, -0.2) is 4.79 Å². The Hall–Kier alpha value is -2.03. The molecule has 2 nitrogen and oxygen atoms in total. The second-order valence-electron chi connectivity index (χ2n) is 4.47. The maximum absolute atomic E-state index is 12.4. The van der Waals surface area contributed by atoms with E-state index in [9.17, 15) is 4.79 Å². The lowest BCUT2D eigenvalue weighted by atomic mass is 10.0. The SMILES string of the molecule is O=C(Oc1cccc(Cl)c1Cl)c1cccc2ccccc12. The number of carbonyl (C=O) groups is 1. The molecule has 0 unspecified atom stereocenters. The molecule has 104 valence electrons. The molecule has 0 radical (unpaired) electrons. The molecular formula is C17H10Cl2O2. The summed E-state index contributed by atoms with van der Waals surface area (Å²) in [7, 11) is 0. The van der Waals surface area contributed by atoms with Crippen molar-refractivity contribution in [3.8, 4) is 5.75 Å². The molecule has 0 aromatic heterocycles. The van der Waals surface area contributed by atoms with E-state index in [0.717, 1.165) is 10.8 Å². The summed E-state index contributed by atoms with van der Waals surface area (Å²) in [5.74, 6) is -0.210. The van der Waals surface area contributed by atoms with Crippen molar-refractivity contribution in [1.82, 2.24) is 0 Å². The molecule has 0 aliphatic rings. The predicted octanol–water partition coefficient (Wildman–Crippen LogP) is 5.37. The zero-order valence-electron chi connectivity index (χ0n) is 10.8. The summed E-state index contributed by atoms with van der Waals surface area (Å²) in [6, 6.07) is 18.0. The summed E-state index contributed by atoms with van der Waals surface area (Å²) in [5, 5.41) is 2.39. The van der Waals surface area contributed by atoms with Gasteiger partial charge >= 0.3 is 5.97 Å². The van der Waals surface area contributed by atoms with Gasteiger partial charge in [-0.05, 0) is 29.0 Å². The second kappa shape index (κ2) is 5.76. The minimum atomic E-state index is -0.462. The van der Waals surface area contributed by atoms with Gasteiger partial charge in [-0.3, -0.25) is 0 Å². The van der Waals surface area contributed by atoms with Crippen LogP contribution in [0.4, 0.5) is 0 Å². The molecule has 0 heterocycles. The van der Waals surface area contributed by atoms with Crippen LogP contribution < -0.4 is 4.74 Å². The molecule has 0 saturated heterocycles. The van der Waals surface area contributed by atoms with Gasteiger partial charge in [0.1, 0.15) is 5.02 Å². The fraction of sp³-hybridized carbons (Fsp3) is 0. The van der Waals surface area contributed by atoms with Crippen molar-refractivity contribution in [2.75, 3.05) is 0 Å². The normalized spacial score (nSPS) is 10.6. The number of esters is 1. The summed E-state index contributed by atoms with van der Waals surface area (Å²) in [5.41, 5.74) is 0.490. The molecule has 3 aromatic rings. The summed E-state index contributed by atoms with van der Waals surface area (Å²) in [6.45, 7) is 0. The van der Waals surface area contributed by atoms with Gasteiger partial charge < -0.3 is 4.74 Å². The van der Waals surface area contributed by atoms with Crippen LogP contribution in [0, 0.1) is 0 Å². The van der Waals surface area contributed by atoms with E-state index < -0.39 is 5.97 Å². The average Bonchev–Trinajstić information content (AvgIpc) is 2.51. The highest BCUT2D eigenvalue weighted by molar-refractivity contribution is 6.43. The molecule has 3 rings (SSSR count). The van der Waals surface area contributed by atoms with E-state index in [2.05, 4.69) is 0 Å². The molecule has 0 saturated carbocycles. The van der Waals surface area contributed by atoms with E-state index in [-0.39, 0.29) is 10.8 Å². The maximum atomic E-state index is 12.4. The van der Waals surface area contributed by atoms with Gasteiger partial charge in [-0.1, -0.05) is 65.7 Å². The molecule has 0 N–H and O–H groups in total. The van der Waals surface area contributed by atoms with Gasteiger partial charge in [0.2, 0.25) is 0 Å². The van der Waals surface area contributed by atoms with Crippen molar-refractivity contribution in [3.63, 3.8) is 0 Å². The Morgan fingerprint density at radius 2 is 1.57 bits per heavy atom. The van der Waals surface area contributed by atoms with Gasteiger partial charge in [0.05, 0.1) is 10.6 Å². The third kappa shape index (κ3) is 2.73. The molecule has 0 atom stereocenters. The minimum absolute atomic E-state index is 0.229. The van der Waals surface area contributed by atoms with Crippen molar-refractivity contribution in [3.05, 3.63) is 76.3 Å². The number of carbonyl (C=O) groups excluding carboxylic acids is 1. The van der Waals surface area contributed by atoms with Crippen LogP contribution >= 0.6 is 23.2 Å². The minimum Gasteiger partial charge on any atom is -0.421 e. The van der Waals surface area contributed by atoms with E-state index in [4.69, 9.17) is 27.9 Å². The fourth-order valence-electron chi connectivity index (χ4n) is 2.12. The third-order valence-electron chi connectivity index (χ3n) is 3.13. The van der Waals surface area contributed by atoms with E-state index in [1.54, 1.807) is 24.3 Å². The number of hydrogen-bond acceptors (Lipinski definition) is 2. The molecule has 21 heavy (non-hydrogen) atoms. The lowest BCUT2D eigenvalue weighted by Crippen LogP contribution is -2.09. The molecule has 4 heteroatoms. The standard InChI is InChI=1S/C17H10Cl2O2/c18-14-9-4-10-15(16(14)19)21-17(20)13-8-3-6-11-5-1-2-7-12(11)13/h1-10H.